The number of carbonyl (C=O) groups excluding carboxylic acids is 2. The minimum Gasteiger partial charge on any atom is -0.458 e. The lowest BCUT2D eigenvalue weighted by atomic mass is 10.1. The summed E-state index contributed by atoms with van der Waals surface area (Å²) in [6.07, 6.45) is -0.0838. The van der Waals surface area contributed by atoms with Crippen LogP contribution in [0.15, 0.2) is 5.16 Å². The first-order valence-corrected chi connectivity index (χ1v) is 3.95. The summed E-state index contributed by atoms with van der Waals surface area (Å²) in [7, 11) is 0. The van der Waals surface area contributed by atoms with Crippen molar-refractivity contribution in [3.8, 4) is 0 Å². The second-order valence-corrected chi connectivity index (χ2v) is 2.87. The van der Waals surface area contributed by atoms with Crippen LogP contribution in [-0.2, 0) is 19.2 Å². The van der Waals surface area contributed by atoms with Crippen LogP contribution in [0.25, 0.3) is 0 Å². The molecule has 13 heavy (non-hydrogen) atoms. The van der Waals surface area contributed by atoms with Gasteiger partial charge in [-0.15, -0.1) is 0 Å². The highest BCUT2D eigenvalue weighted by atomic mass is 16.6. The predicted molar refractivity (Wildman–Crippen MR) is 44.2 cm³/mol. The molecule has 1 aliphatic heterocycles. The third-order valence-corrected chi connectivity index (χ3v) is 1.59. The van der Waals surface area contributed by atoms with E-state index in [1.165, 1.54) is 6.92 Å². The minimum atomic E-state index is -0.570. The zero-order valence-corrected chi connectivity index (χ0v) is 7.57. The van der Waals surface area contributed by atoms with E-state index in [-0.39, 0.29) is 12.4 Å². The standard InChI is InChI=1S/C8H11NO4/c1-5-3-8(13-9-5)7(11)4-12-6(2)10/h8H,3-4H2,1-2H3. The van der Waals surface area contributed by atoms with Crippen molar-refractivity contribution in [1.82, 2.24) is 0 Å². The lowest BCUT2D eigenvalue weighted by Gasteiger charge is -2.06. The van der Waals surface area contributed by atoms with Crippen LogP contribution in [0.2, 0.25) is 0 Å². The average Bonchev–Trinajstić information content (AvgIpc) is 2.47. The molecule has 1 unspecified atom stereocenters. The van der Waals surface area contributed by atoms with Crippen LogP contribution in [0.3, 0.4) is 0 Å². The van der Waals surface area contributed by atoms with Gasteiger partial charge in [-0.05, 0) is 6.92 Å². The first kappa shape index (κ1) is 9.70. The fraction of sp³-hybridized carbons (Fsp3) is 0.625. The van der Waals surface area contributed by atoms with Crippen LogP contribution in [0.1, 0.15) is 20.3 Å². The Morgan fingerprint density at radius 3 is 2.85 bits per heavy atom. The summed E-state index contributed by atoms with van der Waals surface area (Å²) in [4.78, 5) is 26.4. The summed E-state index contributed by atoms with van der Waals surface area (Å²) < 4.78 is 4.53. The van der Waals surface area contributed by atoms with Crippen molar-refractivity contribution in [3.05, 3.63) is 0 Å². The first-order chi connectivity index (χ1) is 6.09. The van der Waals surface area contributed by atoms with Gasteiger partial charge < -0.3 is 9.57 Å². The Morgan fingerprint density at radius 1 is 1.69 bits per heavy atom. The van der Waals surface area contributed by atoms with E-state index in [4.69, 9.17) is 4.84 Å². The molecule has 1 atom stereocenters. The topological polar surface area (TPSA) is 65.0 Å². The van der Waals surface area contributed by atoms with E-state index in [1.54, 1.807) is 6.92 Å². The number of carbonyl (C=O) groups is 2. The highest BCUT2D eigenvalue weighted by molar-refractivity contribution is 5.93. The highest BCUT2D eigenvalue weighted by Crippen LogP contribution is 2.10. The summed E-state index contributed by atoms with van der Waals surface area (Å²) in [5.41, 5.74) is 0.779. The fourth-order valence-corrected chi connectivity index (χ4v) is 0.935. The molecule has 0 saturated carbocycles. The van der Waals surface area contributed by atoms with Crippen LogP contribution < -0.4 is 0 Å². The molecule has 0 aromatic rings. The second-order valence-electron chi connectivity index (χ2n) is 2.87. The largest absolute Gasteiger partial charge is 0.458 e. The van der Waals surface area contributed by atoms with Gasteiger partial charge >= 0.3 is 5.97 Å². The third-order valence-electron chi connectivity index (χ3n) is 1.59. The van der Waals surface area contributed by atoms with Gasteiger partial charge in [0.15, 0.2) is 12.7 Å². The quantitative estimate of drug-likeness (QED) is 0.592. The second kappa shape index (κ2) is 4.02. The SMILES string of the molecule is CC(=O)OCC(=O)C1CC(C)=NO1. The Hall–Kier alpha value is -1.39. The molecule has 0 saturated heterocycles. The van der Waals surface area contributed by atoms with Crippen LogP contribution in [0, 0.1) is 0 Å². The number of ketones is 1. The molecule has 1 heterocycles. The predicted octanol–water partition coefficient (Wildman–Crippen LogP) is 0.283. The maximum atomic E-state index is 11.2. The van der Waals surface area contributed by atoms with Crippen molar-refractivity contribution in [2.75, 3.05) is 6.61 Å². The third kappa shape index (κ3) is 2.85. The van der Waals surface area contributed by atoms with Crippen molar-refractivity contribution < 1.29 is 19.2 Å². The van der Waals surface area contributed by atoms with E-state index in [0.29, 0.717) is 6.42 Å². The van der Waals surface area contributed by atoms with E-state index in [2.05, 4.69) is 9.89 Å². The van der Waals surface area contributed by atoms with Gasteiger partial charge in [0.2, 0.25) is 5.78 Å². The Bertz CT molecular complexity index is 259. The van der Waals surface area contributed by atoms with Crippen molar-refractivity contribution in [2.45, 2.75) is 26.4 Å². The lowest BCUT2D eigenvalue weighted by molar-refractivity contribution is -0.148. The first-order valence-electron chi connectivity index (χ1n) is 3.95. The minimum absolute atomic E-state index is 0.233. The van der Waals surface area contributed by atoms with Crippen molar-refractivity contribution in [2.24, 2.45) is 5.16 Å². The Labute approximate surface area is 75.7 Å². The molecule has 0 radical (unpaired) electrons. The summed E-state index contributed by atoms with van der Waals surface area (Å²) in [5, 5.41) is 3.62. The number of hydrogen-bond donors (Lipinski definition) is 0. The summed E-state index contributed by atoms with van der Waals surface area (Å²) in [6, 6.07) is 0. The van der Waals surface area contributed by atoms with Gasteiger partial charge in [-0.1, -0.05) is 5.16 Å². The van der Waals surface area contributed by atoms with Gasteiger partial charge in [0, 0.05) is 13.3 Å². The number of rotatable bonds is 3. The van der Waals surface area contributed by atoms with E-state index in [1.807, 2.05) is 0 Å². The molecular weight excluding hydrogens is 174 g/mol. The molecule has 1 rings (SSSR count). The number of esters is 1. The molecule has 5 nitrogen and oxygen atoms in total. The van der Waals surface area contributed by atoms with E-state index in [0.717, 1.165) is 5.71 Å². The number of ether oxygens (including phenoxy) is 1. The highest BCUT2D eigenvalue weighted by Gasteiger charge is 2.26. The van der Waals surface area contributed by atoms with Crippen molar-refractivity contribution in [3.63, 3.8) is 0 Å². The normalized spacial score (nSPS) is 20.5. The zero-order chi connectivity index (χ0) is 9.84. The van der Waals surface area contributed by atoms with Gasteiger partial charge in [0.25, 0.3) is 0 Å². The maximum Gasteiger partial charge on any atom is 0.303 e. The molecule has 5 heteroatoms. The zero-order valence-electron chi connectivity index (χ0n) is 7.57. The van der Waals surface area contributed by atoms with Gasteiger partial charge in [-0.25, -0.2) is 0 Å². The monoisotopic (exact) mass is 185 g/mol. The average molecular weight is 185 g/mol. The van der Waals surface area contributed by atoms with E-state index >= 15 is 0 Å². The molecule has 0 spiro atoms. The van der Waals surface area contributed by atoms with E-state index in [9.17, 15) is 9.59 Å². The molecule has 0 aliphatic carbocycles. The van der Waals surface area contributed by atoms with E-state index < -0.39 is 12.1 Å². The molecule has 0 bridgehead atoms. The van der Waals surface area contributed by atoms with Crippen LogP contribution >= 0.6 is 0 Å². The molecule has 1 aliphatic rings. The summed E-state index contributed by atoms with van der Waals surface area (Å²) >= 11 is 0. The number of hydrogen-bond acceptors (Lipinski definition) is 5. The molecular formula is C8H11NO4. The molecule has 0 aromatic carbocycles. The van der Waals surface area contributed by atoms with Crippen LogP contribution in [0.4, 0.5) is 0 Å². The Kier molecular flexibility index (Phi) is 3.00. The molecule has 72 valence electrons. The van der Waals surface area contributed by atoms with Crippen molar-refractivity contribution >= 4 is 17.5 Å². The van der Waals surface area contributed by atoms with Crippen molar-refractivity contribution in [1.29, 1.82) is 0 Å². The lowest BCUT2D eigenvalue weighted by Crippen LogP contribution is -2.25. The Balaban J connectivity index is 2.29. The molecule has 0 amide bonds. The molecule has 0 aromatic heterocycles. The molecule has 0 N–H and O–H groups in total. The summed E-state index contributed by atoms with van der Waals surface area (Å²) in [5.74, 6) is -0.722. The number of Topliss-reactive ketones (excluding diaryl/α,β-unsaturated/α-hetero) is 1. The number of oxime groups is 1. The Morgan fingerprint density at radius 2 is 2.38 bits per heavy atom. The summed E-state index contributed by atoms with van der Waals surface area (Å²) in [6.45, 7) is 2.80. The van der Waals surface area contributed by atoms with Gasteiger partial charge in [-0.3, -0.25) is 9.59 Å². The van der Waals surface area contributed by atoms with Crippen LogP contribution in [0.5, 0.6) is 0 Å². The van der Waals surface area contributed by atoms with Crippen LogP contribution in [-0.4, -0.2) is 30.2 Å². The number of nitrogens with zero attached hydrogens (tertiary/aromatic N) is 1. The van der Waals surface area contributed by atoms with Gasteiger partial charge in [0.1, 0.15) is 0 Å². The van der Waals surface area contributed by atoms with Gasteiger partial charge in [-0.2, -0.15) is 0 Å². The molecule has 0 fully saturated rings. The van der Waals surface area contributed by atoms with Gasteiger partial charge in [0.05, 0.1) is 5.71 Å². The maximum absolute atomic E-state index is 11.2. The fourth-order valence-electron chi connectivity index (χ4n) is 0.935. The smallest absolute Gasteiger partial charge is 0.303 e.